The average Bonchev–Trinajstić information content (AvgIpc) is 2.71. The summed E-state index contributed by atoms with van der Waals surface area (Å²) in [4.78, 5) is 31.3. The van der Waals surface area contributed by atoms with E-state index in [2.05, 4.69) is 9.97 Å². The fourth-order valence-electron chi connectivity index (χ4n) is 2.66. The maximum atomic E-state index is 12.2. The van der Waals surface area contributed by atoms with Crippen LogP contribution >= 0.6 is 0 Å². The second-order valence-corrected chi connectivity index (χ2v) is 6.03. The molecule has 7 nitrogen and oxygen atoms in total. The Labute approximate surface area is 161 Å². The van der Waals surface area contributed by atoms with Crippen LogP contribution < -0.4 is 15.0 Å². The third-order valence-electron chi connectivity index (χ3n) is 4.09. The summed E-state index contributed by atoms with van der Waals surface area (Å²) in [5.74, 6) is 0.941. The van der Waals surface area contributed by atoms with Gasteiger partial charge in [-0.2, -0.15) is 0 Å². The second-order valence-electron chi connectivity index (χ2n) is 6.03. The lowest BCUT2D eigenvalue weighted by atomic mass is 10.2. The Morgan fingerprint density at radius 3 is 2.46 bits per heavy atom. The van der Waals surface area contributed by atoms with Crippen LogP contribution in [0, 0.1) is 0 Å². The van der Waals surface area contributed by atoms with Crippen LogP contribution in [0.15, 0.2) is 53.3 Å². The number of methoxy groups -OCH3 is 2. The molecule has 0 saturated carbocycles. The standard InChI is InChI=1S/C21H20N2O5/c1-13(20-22-18-7-5-4-6-17(18)21(25)23-20)28-19(24)9-8-14-10-15(26-2)12-16(11-14)27-3/h4-13H,1-3H3,(H,22,23,25)/b9-8+/t13-/m1/s1. The van der Waals surface area contributed by atoms with E-state index in [-0.39, 0.29) is 11.4 Å². The highest BCUT2D eigenvalue weighted by molar-refractivity contribution is 5.87. The molecule has 7 heteroatoms. The Hall–Kier alpha value is -3.61. The number of H-pyrrole nitrogens is 1. The monoisotopic (exact) mass is 380 g/mol. The Balaban J connectivity index is 1.74. The normalized spacial score (nSPS) is 12.1. The summed E-state index contributed by atoms with van der Waals surface area (Å²) >= 11 is 0. The fraction of sp³-hybridized carbons (Fsp3) is 0.190. The van der Waals surface area contributed by atoms with Gasteiger partial charge in [-0.05, 0) is 42.8 Å². The van der Waals surface area contributed by atoms with Gasteiger partial charge in [0, 0.05) is 12.1 Å². The summed E-state index contributed by atoms with van der Waals surface area (Å²) in [5, 5.41) is 0.483. The van der Waals surface area contributed by atoms with Gasteiger partial charge in [-0.15, -0.1) is 0 Å². The van der Waals surface area contributed by atoms with E-state index < -0.39 is 12.1 Å². The zero-order valence-electron chi connectivity index (χ0n) is 15.8. The molecular weight excluding hydrogens is 360 g/mol. The highest BCUT2D eigenvalue weighted by Crippen LogP contribution is 2.23. The van der Waals surface area contributed by atoms with Crippen LogP contribution in [0.3, 0.4) is 0 Å². The van der Waals surface area contributed by atoms with Crippen molar-refractivity contribution < 1.29 is 19.0 Å². The van der Waals surface area contributed by atoms with E-state index in [4.69, 9.17) is 14.2 Å². The molecular formula is C21H20N2O5. The van der Waals surface area contributed by atoms with E-state index in [1.807, 2.05) is 0 Å². The van der Waals surface area contributed by atoms with E-state index >= 15 is 0 Å². The van der Waals surface area contributed by atoms with E-state index in [9.17, 15) is 9.59 Å². The Kier molecular flexibility index (Phi) is 5.74. The quantitative estimate of drug-likeness (QED) is 0.521. The predicted octanol–water partition coefficient (Wildman–Crippen LogP) is 3.26. The maximum Gasteiger partial charge on any atom is 0.331 e. The van der Waals surface area contributed by atoms with Crippen LogP contribution in [-0.2, 0) is 9.53 Å². The average molecular weight is 380 g/mol. The molecule has 28 heavy (non-hydrogen) atoms. The first kappa shape index (κ1) is 19.2. The van der Waals surface area contributed by atoms with Crippen molar-refractivity contribution in [1.82, 2.24) is 9.97 Å². The van der Waals surface area contributed by atoms with Crippen LogP contribution in [0.25, 0.3) is 17.0 Å². The molecule has 0 fully saturated rings. The number of nitrogens with one attached hydrogen (secondary N) is 1. The van der Waals surface area contributed by atoms with Crippen molar-refractivity contribution >= 4 is 22.9 Å². The lowest BCUT2D eigenvalue weighted by molar-refractivity contribution is -0.142. The Morgan fingerprint density at radius 1 is 1.11 bits per heavy atom. The summed E-state index contributed by atoms with van der Waals surface area (Å²) in [7, 11) is 3.10. The molecule has 1 atom stereocenters. The van der Waals surface area contributed by atoms with Crippen LogP contribution in [0.4, 0.5) is 0 Å². The van der Waals surface area contributed by atoms with Gasteiger partial charge in [-0.3, -0.25) is 4.79 Å². The molecule has 1 heterocycles. The van der Waals surface area contributed by atoms with Crippen LogP contribution in [-0.4, -0.2) is 30.2 Å². The van der Waals surface area contributed by atoms with Crippen LogP contribution in [0.2, 0.25) is 0 Å². The molecule has 1 N–H and O–H groups in total. The van der Waals surface area contributed by atoms with E-state index in [1.165, 1.54) is 6.08 Å². The number of rotatable bonds is 6. The number of esters is 1. The molecule has 0 aliphatic heterocycles. The number of hydrogen-bond donors (Lipinski definition) is 1. The Morgan fingerprint density at radius 2 is 1.79 bits per heavy atom. The minimum atomic E-state index is -0.714. The van der Waals surface area contributed by atoms with Gasteiger partial charge in [-0.25, -0.2) is 9.78 Å². The molecule has 0 aliphatic rings. The molecule has 3 rings (SSSR count). The first-order valence-corrected chi connectivity index (χ1v) is 8.61. The largest absolute Gasteiger partial charge is 0.497 e. The molecule has 2 aromatic carbocycles. The summed E-state index contributed by atoms with van der Waals surface area (Å²) in [6, 6.07) is 12.2. The van der Waals surface area contributed by atoms with Gasteiger partial charge >= 0.3 is 5.97 Å². The van der Waals surface area contributed by atoms with E-state index in [0.29, 0.717) is 22.4 Å². The van der Waals surface area contributed by atoms with Gasteiger partial charge in [0.2, 0.25) is 0 Å². The van der Waals surface area contributed by atoms with Crippen molar-refractivity contribution in [2.75, 3.05) is 14.2 Å². The van der Waals surface area contributed by atoms with Crippen molar-refractivity contribution in [3.8, 4) is 11.5 Å². The van der Waals surface area contributed by atoms with Gasteiger partial charge in [0.1, 0.15) is 11.5 Å². The van der Waals surface area contributed by atoms with E-state index in [0.717, 1.165) is 5.56 Å². The third kappa shape index (κ3) is 4.37. The number of para-hydroxylation sites is 1. The van der Waals surface area contributed by atoms with Gasteiger partial charge in [0.15, 0.2) is 11.9 Å². The number of fused-ring (bicyclic) bond motifs is 1. The lowest BCUT2D eigenvalue weighted by Gasteiger charge is -2.11. The number of nitrogens with zero attached hydrogens (tertiary/aromatic N) is 1. The Bertz CT molecular complexity index is 1070. The van der Waals surface area contributed by atoms with Crippen molar-refractivity contribution in [1.29, 1.82) is 0 Å². The van der Waals surface area contributed by atoms with Crippen molar-refractivity contribution in [2.24, 2.45) is 0 Å². The minimum Gasteiger partial charge on any atom is -0.497 e. The fourth-order valence-corrected chi connectivity index (χ4v) is 2.66. The number of benzene rings is 2. The van der Waals surface area contributed by atoms with E-state index in [1.54, 1.807) is 69.7 Å². The summed E-state index contributed by atoms with van der Waals surface area (Å²) in [6.07, 6.45) is 2.18. The minimum absolute atomic E-state index is 0.275. The highest BCUT2D eigenvalue weighted by atomic mass is 16.5. The molecule has 0 aliphatic carbocycles. The van der Waals surface area contributed by atoms with Gasteiger partial charge in [-0.1, -0.05) is 12.1 Å². The SMILES string of the molecule is COc1cc(/C=C/C(=O)O[C@H](C)c2nc3ccccc3c(=O)[nH]2)cc(OC)c1. The van der Waals surface area contributed by atoms with Crippen molar-refractivity contribution in [2.45, 2.75) is 13.0 Å². The van der Waals surface area contributed by atoms with Crippen LogP contribution in [0.1, 0.15) is 24.4 Å². The first-order valence-electron chi connectivity index (χ1n) is 8.61. The second kappa shape index (κ2) is 8.39. The highest BCUT2D eigenvalue weighted by Gasteiger charge is 2.14. The third-order valence-corrected chi connectivity index (χ3v) is 4.09. The molecule has 0 saturated heterocycles. The molecule has 0 radical (unpaired) electrons. The predicted molar refractivity (Wildman–Crippen MR) is 105 cm³/mol. The summed E-state index contributed by atoms with van der Waals surface area (Å²) < 4.78 is 15.8. The number of ether oxygens (including phenoxy) is 3. The molecule has 144 valence electrons. The van der Waals surface area contributed by atoms with Gasteiger partial charge in [0.05, 0.1) is 25.1 Å². The molecule has 0 unspecified atom stereocenters. The molecule has 0 spiro atoms. The number of aromatic amines is 1. The van der Waals surface area contributed by atoms with Crippen molar-refractivity contribution in [3.63, 3.8) is 0 Å². The smallest absolute Gasteiger partial charge is 0.331 e. The zero-order valence-corrected chi connectivity index (χ0v) is 15.8. The molecule has 0 bridgehead atoms. The number of aromatic nitrogens is 2. The molecule has 3 aromatic rings. The summed E-state index contributed by atoms with van der Waals surface area (Å²) in [6.45, 7) is 1.65. The van der Waals surface area contributed by atoms with Gasteiger partial charge < -0.3 is 19.2 Å². The lowest BCUT2D eigenvalue weighted by Crippen LogP contribution is -2.16. The molecule has 1 aromatic heterocycles. The maximum absolute atomic E-state index is 12.2. The zero-order chi connectivity index (χ0) is 20.1. The number of carbonyl (C=O) groups excluding carboxylic acids is 1. The number of hydrogen-bond acceptors (Lipinski definition) is 6. The van der Waals surface area contributed by atoms with Gasteiger partial charge in [0.25, 0.3) is 5.56 Å². The molecule has 0 amide bonds. The first-order chi connectivity index (χ1) is 13.5. The number of carbonyl (C=O) groups is 1. The van der Waals surface area contributed by atoms with Crippen molar-refractivity contribution in [3.05, 3.63) is 70.3 Å². The van der Waals surface area contributed by atoms with Crippen LogP contribution in [0.5, 0.6) is 11.5 Å². The topological polar surface area (TPSA) is 90.5 Å². The summed E-state index contributed by atoms with van der Waals surface area (Å²) in [5.41, 5.74) is 0.990.